The molecular formula is C23H34N4O4. The van der Waals surface area contributed by atoms with Crippen molar-refractivity contribution in [3.05, 3.63) is 27.9 Å². The van der Waals surface area contributed by atoms with Gasteiger partial charge in [0, 0.05) is 44.6 Å². The van der Waals surface area contributed by atoms with E-state index in [1.54, 1.807) is 13.0 Å². The van der Waals surface area contributed by atoms with Crippen molar-refractivity contribution in [3.63, 3.8) is 0 Å². The molecular weight excluding hydrogens is 396 g/mol. The Morgan fingerprint density at radius 3 is 2.81 bits per heavy atom. The second-order valence-electron chi connectivity index (χ2n) is 9.05. The largest absolute Gasteiger partial charge is 0.466 e. The molecule has 0 saturated carbocycles. The molecule has 8 heteroatoms. The molecule has 3 aliphatic heterocycles. The van der Waals surface area contributed by atoms with Crippen molar-refractivity contribution in [1.29, 1.82) is 0 Å². The van der Waals surface area contributed by atoms with Gasteiger partial charge in [-0.1, -0.05) is 6.42 Å². The van der Waals surface area contributed by atoms with Gasteiger partial charge in [0.25, 0.3) is 5.56 Å². The third kappa shape index (κ3) is 5.17. The van der Waals surface area contributed by atoms with Gasteiger partial charge in [-0.25, -0.2) is 4.98 Å². The van der Waals surface area contributed by atoms with Gasteiger partial charge in [0.05, 0.1) is 24.8 Å². The molecule has 170 valence electrons. The summed E-state index contributed by atoms with van der Waals surface area (Å²) in [6.45, 7) is 6.04. The first kappa shape index (κ1) is 22.0. The van der Waals surface area contributed by atoms with Crippen molar-refractivity contribution in [2.45, 2.75) is 64.3 Å². The number of esters is 1. The topological polar surface area (TPSA) is 84.7 Å². The molecule has 0 N–H and O–H groups in total. The van der Waals surface area contributed by atoms with Crippen LogP contribution in [0.3, 0.4) is 0 Å². The van der Waals surface area contributed by atoms with Crippen molar-refractivity contribution in [2.75, 3.05) is 39.3 Å². The van der Waals surface area contributed by atoms with E-state index in [1.165, 1.54) is 0 Å². The fourth-order valence-electron chi connectivity index (χ4n) is 5.11. The molecule has 0 unspecified atom stereocenters. The molecule has 0 spiro atoms. The minimum Gasteiger partial charge on any atom is -0.466 e. The van der Waals surface area contributed by atoms with Crippen LogP contribution in [-0.2, 0) is 27.3 Å². The SMILES string of the molecule is CCOC(=O)[C@@H]1CCCN(C(=O)CN2CC[C@@H](c3cc(=O)n4c(n3)CCCCC4)C2)C1. The Kier molecular flexibility index (Phi) is 7.05. The predicted molar refractivity (Wildman–Crippen MR) is 116 cm³/mol. The maximum Gasteiger partial charge on any atom is 0.310 e. The normalized spacial score (nSPS) is 24.5. The smallest absolute Gasteiger partial charge is 0.310 e. The summed E-state index contributed by atoms with van der Waals surface area (Å²) >= 11 is 0. The van der Waals surface area contributed by atoms with E-state index in [9.17, 15) is 14.4 Å². The molecule has 0 bridgehead atoms. The van der Waals surface area contributed by atoms with Crippen LogP contribution in [0.4, 0.5) is 0 Å². The molecule has 0 radical (unpaired) electrons. The van der Waals surface area contributed by atoms with E-state index in [-0.39, 0.29) is 29.3 Å². The van der Waals surface area contributed by atoms with E-state index in [1.807, 2.05) is 9.47 Å². The van der Waals surface area contributed by atoms with Gasteiger partial charge in [-0.3, -0.25) is 23.9 Å². The number of nitrogens with zero attached hydrogens (tertiary/aromatic N) is 4. The average Bonchev–Trinajstić information content (AvgIpc) is 3.09. The fourth-order valence-corrected chi connectivity index (χ4v) is 5.11. The highest BCUT2D eigenvalue weighted by Gasteiger charge is 2.32. The van der Waals surface area contributed by atoms with Gasteiger partial charge in [0.1, 0.15) is 5.82 Å². The van der Waals surface area contributed by atoms with Gasteiger partial charge < -0.3 is 9.64 Å². The maximum atomic E-state index is 12.9. The third-order valence-corrected chi connectivity index (χ3v) is 6.83. The van der Waals surface area contributed by atoms with Crippen LogP contribution in [0.1, 0.15) is 62.9 Å². The van der Waals surface area contributed by atoms with Crippen LogP contribution in [0.2, 0.25) is 0 Å². The number of hydrogen-bond acceptors (Lipinski definition) is 6. The highest BCUT2D eigenvalue weighted by Crippen LogP contribution is 2.26. The van der Waals surface area contributed by atoms with Gasteiger partial charge in [-0.05, 0) is 45.6 Å². The van der Waals surface area contributed by atoms with Crippen LogP contribution in [0.25, 0.3) is 0 Å². The predicted octanol–water partition coefficient (Wildman–Crippen LogP) is 1.56. The van der Waals surface area contributed by atoms with E-state index in [2.05, 4.69) is 4.90 Å². The lowest BCUT2D eigenvalue weighted by Crippen LogP contribution is -2.46. The minimum atomic E-state index is -0.208. The number of carbonyl (C=O) groups is 2. The molecule has 2 fully saturated rings. The van der Waals surface area contributed by atoms with E-state index < -0.39 is 0 Å². The lowest BCUT2D eigenvalue weighted by atomic mass is 9.98. The van der Waals surface area contributed by atoms with Crippen LogP contribution < -0.4 is 5.56 Å². The third-order valence-electron chi connectivity index (χ3n) is 6.83. The Bertz CT molecular complexity index is 868. The van der Waals surface area contributed by atoms with Crippen LogP contribution in [-0.4, -0.2) is 70.6 Å². The quantitative estimate of drug-likeness (QED) is 0.659. The average molecular weight is 431 g/mol. The van der Waals surface area contributed by atoms with Gasteiger partial charge in [0.15, 0.2) is 0 Å². The summed E-state index contributed by atoms with van der Waals surface area (Å²) in [5.74, 6) is 0.795. The molecule has 4 heterocycles. The monoisotopic (exact) mass is 430 g/mol. The highest BCUT2D eigenvalue weighted by atomic mass is 16.5. The Morgan fingerprint density at radius 1 is 1.10 bits per heavy atom. The second-order valence-corrected chi connectivity index (χ2v) is 9.05. The van der Waals surface area contributed by atoms with Crippen LogP contribution >= 0.6 is 0 Å². The van der Waals surface area contributed by atoms with Gasteiger partial charge in [-0.2, -0.15) is 0 Å². The standard InChI is InChI=1S/C23H34N4O4/c1-2-31-23(30)18-7-6-10-26(15-18)22(29)16-25-12-9-17(14-25)19-13-21(28)27-11-5-3-4-8-20(27)24-19/h13,17-18H,2-12,14-16H2,1H3/t17-,18-/m1/s1. The second kappa shape index (κ2) is 9.94. The number of fused-ring (bicyclic) bond motifs is 1. The molecule has 1 aromatic rings. The number of hydrogen-bond donors (Lipinski definition) is 0. The summed E-state index contributed by atoms with van der Waals surface area (Å²) in [7, 11) is 0. The number of piperidine rings is 1. The first-order chi connectivity index (χ1) is 15.0. The maximum absolute atomic E-state index is 12.9. The van der Waals surface area contributed by atoms with Crippen molar-refractivity contribution < 1.29 is 14.3 Å². The number of ether oxygens (including phenoxy) is 1. The van der Waals surface area contributed by atoms with Crippen molar-refractivity contribution in [3.8, 4) is 0 Å². The van der Waals surface area contributed by atoms with Crippen LogP contribution in [0.15, 0.2) is 10.9 Å². The van der Waals surface area contributed by atoms with Gasteiger partial charge in [-0.15, -0.1) is 0 Å². The molecule has 4 rings (SSSR count). The Labute approximate surface area is 183 Å². The van der Waals surface area contributed by atoms with E-state index in [4.69, 9.17) is 9.72 Å². The summed E-state index contributed by atoms with van der Waals surface area (Å²) in [4.78, 5) is 46.4. The molecule has 2 atom stereocenters. The zero-order valence-electron chi connectivity index (χ0n) is 18.6. The number of rotatable bonds is 5. The van der Waals surface area contributed by atoms with Gasteiger partial charge in [0.2, 0.25) is 5.91 Å². The van der Waals surface area contributed by atoms with E-state index >= 15 is 0 Å². The van der Waals surface area contributed by atoms with Crippen LogP contribution in [0.5, 0.6) is 0 Å². The lowest BCUT2D eigenvalue weighted by molar-refractivity contribution is -0.151. The number of aromatic nitrogens is 2. The zero-order valence-corrected chi connectivity index (χ0v) is 18.6. The molecule has 3 aliphatic rings. The molecule has 1 amide bonds. The lowest BCUT2D eigenvalue weighted by Gasteiger charge is -2.32. The molecule has 8 nitrogen and oxygen atoms in total. The summed E-state index contributed by atoms with van der Waals surface area (Å²) in [6, 6.07) is 1.71. The van der Waals surface area contributed by atoms with Crippen molar-refractivity contribution >= 4 is 11.9 Å². The van der Waals surface area contributed by atoms with Crippen molar-refractivity contribution in [2.24, 2.45) is 5.92 Å². The Hall–Kier alpha value is -2.22. The summed E-state index contributed by atoms with van der Waals surface area (Å²) in [5, 5.41) is 0. The molecule has 1 aromatic heterocycles. The first-order valence-corrected chi connectivity index (χ1v) is 11.8. The summed E-state index contributed by atoms with van der Waals surface area (Å²) in [5.41, 5.74) is 0.947. The number of aryl methyl sites for hydroxylation is 1. The summed E-state index contributed by atoms with van der Waals surface area (Å²) in [6.07, 6.45) is 6.67. The number of likely N-dealkylation sites (tertiary alicyclic amines) is 2. The fraction of sp³-hybridized carbons (Fsp3) is 0.739. The summed E-state index contributed by atoms with van der Waals surface area (Å²) < 4.78 is 6.98. The van der Waals surface area contributed by atoms with Crippen LogP contribution in [0, 0.1) is 5.92 Å². The highest BCUT2D eigenvalue weighted by molar-refractivity contribution is 5.80. The number of amides is 1. The zero-order chi connectivity index (χ0) is 21.8. The first-order valence-electron chi connectivity index (χ1n) is 11.8. The minimum absolute atomic E-state index is 0.0646. The molecule has 2 saturated heterocycles. The molecule has 0 aromatic carbocycles. The molecule has 31 heavy (non-hydrogen) atoms. The Balaban J connectivity index is 1.35. The Morgan fingerprint density at radius 2 is 1.97 bits per heavy atom. The molecule has 0 aliphatic carbocycles. The van der Waals surface area contributed by atoms with E-state index in [0.29, 0.717) is 26.2 Å². The van der Waals surface area contributed by atoms with Gasteiger partial charge >= 0.3 is 5.97 Å². The van der Waals surface area contributed by atoms with Crippen molar-refractivity contribution in [1.82, 2.24) is 19.4 Å². The number of carbonyl (C=O) groups excluding carboxylic acids is 2. The van der Waals surface area contributed by atoms with E-state index in [0.717, 1.165) is 76.1 Å².